The highest BCUT2D eigenvalue weighted by atomic mass is 32.2. The predicted octanol–water partition coefficient (Wildman–Crippen LogP) is -0.0158. The highest BCUT2D eigenvalue weighted by Gasteiger charge is 2.28. The molecule has 1 unspecified atom stereocenters. The van der Waals surface area contributed by atoms with Crippen LogP contribution in [0, 0.1) is 0 Å². The zero-order valence-corrected chi connectivity index (χ0v) is 12.8. The van der Waals surface area contributed by atoms with E-state index in [0.29, 0.717) is 0 Å². The quantitative estimate of drug-likeness (QED) is 0.770. The summed E-state index contributed by atoms with van der Waals surface area (Å²) < 4.78 is 49.7. The molecule has 0 aromatic rings. The van der Waals surface area contributed by atoms with Crippen molar-refractivity contribution < 1.29 is 16.8 Å². The van der Waals surface area contributed by atoms with Gasteiger partial charge >= 0.3 is 0 Å². The Hall–Kier alpha value is -0.180. The summed E-state index contributed by atoms with van der Waals surface area (Å²) in [5, 5.41) is -0.804. The van der Waals surface area contributed by atoms with Gasteiger partial charge in [-0.2, -0.15) is 0 Å². The maximum absolute atomic E-state index is 11.9. The van der Waals surface area contributed by atoms with Crippen LogP contribution in [0.4, 0.5) is 0 Å². The van der Waals surface area contributed by atoms with Crippen LogP contribution in [0.3, 0.4) is 0 Å². The van der Waals surface area contributed by atoms with Gasteiger partial charge in [0.25, 0.3) is 0 Å². The van der Waals surface area contributed by atoms with Crippen molar-refractivity contribution >= 4 is 20.0 Å². The highest BCUT2D eigenvalue weighted by Crippen LogP contribution is 2.09. The summed E-state index contributed by atoms with van der Waals surface area (Å²) in [4.78, 5) is 0. The minimum atomic E-state index is -3.53. The zero-order chi connectivity index (χ0) is 14.1. The van der Waals surface area contributed by atoms with Crippen LogP contribution >= 0.6 is 0 Å². The first-order chi connectivity index (χ1) is 7.26. The van der Waals surface area contributed by atoms with E-state index in [1.165, 1.54) is 14.0 Å². The molecule has 1 atom stereocenters. The second kappa shape index (κ2) is 5.21. The van der Waals surface area contributed by atoms with Crippen LogP contribution in [-0.4, -0.2) is 51.8 Å². The highest BCUT2D eigenvalue weighted by molar-refractivity contribution is 7.90. The monoisotopic (exact) mass is 286 g/mol. The Morgan fingerprint density at radius 2 is 1.59 bits per heavy atom. The summed E-state index contributed by atoms with van der Waals surface area (Å²) in [7, 11) is -5.53. The Balaban J connectivity index is 4.79. The number of nitrogens with one attached hydrogen (secondary N) is 1. The molecule has 8 heteroatoms. The van der Waals surface area contributed by atoms with Gasteiger partial charge in [0.05, 0.1) is 11.5 Å². The predicted molar refractivity (Wildman–Crippen MR) is 68.7 cm³/mol. The van der Waals surface area contributed by atoms with Crippen molar-refractivity contribution in [3.05, 3.63) is 0 Å². The van der Waals surface area contributed by atoms with Gasteiger partial charge in [-0.05, 0) is 27.7 Å². The number of nitrogens with zero attached hydrogens (tertiary/aromatic N) is 1. The molecule has 0 saturated carbocycles. The first kappa shape index (κ1) is 16.8. The van der Waals surface area contributed by atoms with Crippen molar-refractivity contribution in [3.8, 4) is 0 Å². The molecule has 0 aliphatic rings. The van der Waals surface area contributed by atoms with Gasteiger partial charge in [0.2, 0.25) is 20.0 Å². The van der Waals surface area contributed by atoms with Gasteiger partial charge in [-0.3, -0.25) is 0 Å². The average Bonchev–Trinajstić information content (AvgIpc) is 1.96. The van der Waals surface area contributed by atoms with Gasteiger partial charge in [0.1, 0.15) is 0 Å². The standard InChI is InChI=1S/C9H22N2O4S2/c1-8(7-11(5)16(6,12)13)17(14,15)10-9(2,3)4/h8,10H,7H2,1-6H3. The lowest BCUT2D eigenvalue weighted by Gasteiger charge is -2.25. The fraction of sp³-hybridized carbons (Fsp3) is 1.00. The largest absolute Gasteiger partial charge is 0.215 e. The molecule has 1 N–H and O–H groups in total. The third kappa shape index (κ3) is 6.35. The van der Waals surface area contributed by atoms with E-state index >= 15 is 0 Å². The van der Waals surface area contributed by atoms with Gasteiger partial charge in [-0.25, -0.2) is 25.9 Å². The summed E-state index contributed by atoms with van der Waals surface area (Å²) in [5.74, 6) is 0. The van der Waals surface area contributed by atoms with E-state index in [0.717, 1.165) is 10.6 Å². The minimum absolute atomic E-state index is 0.0652. The van der Waals surface area contributed by atoms with E-state index in [1.54, 1.807) is 20.8 Å². The third-order valence-electron chi connectivity index (χ3n) is 2.06. The maximum atomic E-state index is 11.9. The normalized spacial score (nSPS) is 16.2. The Morgan fingerprint density at radius 1 is 1.18 bits per heavy atom. The zero-order valence-electron chi connectivity index (χ0n) is 11.2. The van der Waals surface area contributed by atoms with Crippen molar-refractivity contribution in [1.29, 1.82) is 0 Å². The summed E-state index contributed by atoms with van der Waals surface area (Å²) in [6.07, 6.45) is 1.05. The Morgan fingerprint density at radius 3 is 1.88 bits per heavy atom. The molecule has 0 aromatic carbocycles. The minimum Gasteiger partial charge on any atom is -0.213 e. The van der Waals surface area contributed by atoms with Crippen molar-refractivity contribution in [3.63, 3.8) is 0 Å². The van der Waals surface area contributed by atoms with Crippen molar-refractivity contribution in [2.75, 3.05) is 19.8 Å². The van der Waals surface area contributed by atoms with Gasteiger partial charge < -0.3 is 0 Å². The van der Waals surface area contributed by atoms with E-state index in [4.69, 9.17) is 0 Å². The number of rotatable bonds is 5. The van der Waals surface area contributed by atoms with E-state index in [-0.39, 0.29) is 6.54 Å². The SMILES string of the molecule is CC(CN(C)S(C)(=O)=O)S(=O)(=O)NC(C)(C)C. The van der Waals surface area contributed by atoms with Crippen LogP contribution in [0.2, 0.25) is 0 Å². The molecular formula is C9H22N2O4S2. The molecule has 6 nitrogen and oxygen atoms in total. The van der Waals surface area contributed by atoms with Gasteiger partial charge in [-0.1, -0.05) is 0 Å². The molecule has 0 heterocycles. The summed E-state index contributed by atoms with van der Waals surface area (Å²) in [6, 6.07) is 0. The maximum Gasteiger partial charge on any atom is 0.215 e. The van der Waals surface area contributed by atoms with E-state index < -0.39 is 30.8 Å². The fourth-order valence-electron chi connectivity index (χ4n) is 1.12. The number of hydrogen-bond acceptors (Lipinski definition) is 4. The Kier molecular flexibility index (Phi) is 5.16. The molecule has 0 amide bonds. The Bertz CT molecular complexity index is 448. The molecule has 0 radical (unpaired) electrons. The van der Waals surface area contributed by atoms with Crippen molar-refractivity contribution in [2.45, 2.75) is 38.5 Å². The second-order valence-electron chi connectivity index (χ2n) is 5.25. The number of sulfonamides is 2. The summed E-state index contributed by atoms with van der Waals surface area (Å²) in [6.45, 7) is 6.62. The lowest BCUT2D eigenvalue weighted by molar-refractivity contribution is 0.453. The lowest BCUT2D eigenvalue weighted by Crippen LogP contribution is -2.48. The van der Waals surface area contributed by atoms with Crippen LogP contribution < -0.4 is 4.72 Å². The van der Waals surface area contributed by atoms with Gasteiger partial charge in [0, 0.05) is 19.1 Å². The molecule has 104 valence electrons. The van der Waals surface area contributed by atoms with Crippen molar-refractivity contribution in [1.82, 2.24) is 9.03 Å². The average molecular weight is 286 g/mol. The van der Waals surface area contributed by atoms with Gasteiger partial charge in [0.15, 0.2) is 0 Å². The van der Waals surface area contributed by atoms with Crippen LogP contribution in [-0.2, 0) is 20.0 Å². The molecule has 0 aromatic heterocycles. The first-order valence-corrected chi connectivity index (χ1v) is 8.59. The first-order valence-electron chi connectivity index (χ1n) is 5.20. The molecule has 0 rings (SSSR count). The molecule has 0 aliphatic heterocycles. The summed E-state index contributed by atoms with van der Waals surface area (Å²) >= 11 is 0. The topological polar surface area (TPSA) is 83.6 Å². The second-order valence-corrected chi connectivity index (χ2v) is 9.44. The molecule has 0 bridgehead atoms. The number of hydrogen-bond donors (Lipinski definition) is 1. The molecule has 0 spiro atoms. The molecule has 0 aliphatic carbocycles. The molecule has 0 saturated heterocycles. The Labute approximate surface area is 104 Å². The van der Waals surface area contributed by atoms with E-state index in [1.807, 2.05) is 0 Å². The van der Waals surface area contributed by atoms with Crippen LogP contribution in [0.25, 0.3) is 0 Å². The van der Waals surface area contributed by atoms with Crippen molar-refractivity contribution in [2.24, 2.45) is 0 Å². The smallest absolute Gasteiger partial charge is 0.213 e. The van der Waals surface area contributed by atoms with Crippen LogP contribution in [0.5, 0.6) is 0 Å². The summed E-state index contributed by atoms with van der Waals surface area (Å²) in [5.41, 5.74) is -0.573. The van der Waals surface area contributed by atoms with Crippen LogP contribution in [0.15, 0.2) is 0 Å². The lowest BCUT2D eigenvalue weighted by atomic mass is 10.1. The molecule has 0 fully saturated rings. The van der Waals surface area contributed by atoms with Crippen LogP contribution in [0.1, 0.15) is 27.7 Å². The fourth-order valence-corrected chi connectivity index (χ4v) is 3.19. The van der Waals surface area contributed by atoms with Gasteiger partial charge in [-0.15, -0.1) is 0 Å². The molecule has 17 heavy (non-hydrogen) atoms. The molecular weight excluding hydrogens is 264 g/mol. The van der Waals surface area contributed by atoms with E-state index in [2.05, 4.69) is 4.72 Å². The third-order valence-corrected chi connectivity index (χ3v) is 5.45. The van der Waals surface area contributed by atoms with E-state index in [9.17, 15) is 16.8 Å².